The van der Waals surface area contributed by atoms with Crippen molar-refractivity contribution >= 4 is 40.1 Å². The Balaban J connectivity index is 2.47. The van der Waals surface area contributed by atoms with Gasteiger partial charge in [0.05, 0.1) is 0 Å². The second-order valence-corrected chi connectivity index (χ2v) is 6.27. The molecule has 0 bridgehead atoms. The second kappa shape index (κ2) is 6.11. The maximum atomic E-state index is 11.9. The Labute approximate surface area is 136 Å². The smallest absolute Gasteiger partial charge is 0.242 e. The molecule has 0 aliphatic rings. The monoisotopic (exact) mass is 400 g/mol. The molecule has 0 aromatic heterocycles. The van der Waals surface area contributed by atoms with E-state index in [0.717, 1.165) is 9.13 Å². The van der Waals surface area contributed by atoms with Gasteiger partial charge < -0.3 is 11.5 Å². The fourth-order valence-electron chi connectivity index (χ4n) is 2.08. The molecule has 1 amide bonds. The number of nitrogens with two attached hydrogens (primary N) is 2. The first kappa shape index (κ1) is 15.3. The van der Waals surface area contributed by atoms with Crippen LogP contribution in [0.3, 0.4) is 0 Å². The molecule has 104 valence electrons. The molecule has 20 heavy (non-hydrogen) atoms. The molecule has 0 spiro atoms. The molecule has 0 heterocycles. The van der Waals surface area contributed by atoms with Gasteiger partial charge in [-0.15, -0.1) is 0 Å². The van der Waals surface area contributed by atoms with Gasteiger partial charge in [0.1, 0.15) is 5.54 Å². The van der Waals surface area contributed by atoms with E-state index in [1.54, 1.807) is 12.1 Å². The van der Waals surface area contributed by atoms with Crippen molar-refractivity contribution in [3.8, 4) is 0 Å². The zero-order valence-electron chi connectivity index (χ0n) is 10.6. The lowest BCUT2D eigenvalue weighted by Gasteiger charge is -2.27. The Bertz CT molecular complexity index is 633. The summed E-state index contributed by atoms with van der Waals surface area (Å²) in [5.41, 5.74) is 12.0. The molecule has 0 aliphatic carbocycles. The van der Waals surface area contributed by atoms with Crippen molar-refractivity contribution in [3.63, 3.8) is 0 Å². The first-order valence-corrected chi connectivity index (χ1v) is 7.47. The van der Waals surface area contributed by atoms with E-state index in [0.29, 0.717) is 17.0 Å². The molecule has 2 rings (SSSR count). The maximum absolute atomic E-state index is 11.9. The average molecular weight is 401 g/mol. The van der Waals surface area contributed by atoms with E-state index in [2.05, 4.69) is 22.6 Å². The SMILES string of the molecule is NC(=O)C(N)(Cc1ccccc1)c1ccc(I)cc1Cl. The van der Waals surface area contributed by atoms with Crippen LogP contribution in [-0.2, 0) is 16.8 Å². The van der Waals surface area contributed by atoms with E-state index < -0.39 is 11.4 Å². The lowest BCUT2D eigenvalue weighted by atomic mass is 9.84. The van der Waals surface area contributed by atoms with Gasteiger partial charge in [-0.05, 0) is 40.3 Å². The minimum absolute atomic E-state index is 0.309. The third-order valence-electron chi connectivity index (χ3n) is 3.18. The predicted octanol–water partition coefficient (Wildman–Crippen LogP) is 2.83. The molecule has 2 aromatic rings. The molecule has 0 radical (unpaired) electrons. The number of amides is 1. The molecular weight excluding hydrogens is 387 g/mol. The number of primary amides is 1. The van der Waals surface area contributed by atoms with Crippen molar-refractivity contribution in [1.82, 2.24) is 0 Å². The first-order chi connectivity index (χ1) is 9.43. The topological polar surface area (TPSA) is 69.1 Å². The second-order valence-electron chi connectivity index (χ2n) is 4.62. The molecule has 5 heteroatoms. The number of carbonyl (C=O) groups is 1. The predicted molar refractivity (Wildman–Crippen MR) is 89.4 cm³/mol. The van der Waals surface area contributed by atoms with E-state index >= 15 is 0 Å². The lowest BCUT2D eigenvalue weighted by Crippen LogP contribution is -2.51. The first-order valence-electron chi connectivity index (χ1n) is 6.02. The van der Waals surface area contributed by atoms with Crippen LogP contribution in [0.2, 0.25) is 5.02 Å². The average Bonchev–Trinajstić information content (AvgIpc) is 2.39. The van der Waals surface area contributed by atoms with Crippen LogP contribution < -0.4 is 11.5 Å². The molecule has 1 unspecified atom stereocenters. The van der Waals surface area contributed by atoms with Gasteiger partial charge >= 0.3 is 0 Å². The van der Waals surface area contributed by atoms with Crippen molar-refractivity contribution < 1.29 is 4.79 Å². The number of carbonyl (C=O) groups excluding carboxylic acids is 1. The number of rotatable bonds is 4. The van der Waals surface area contributed by atoms with E-state index in [1.807, 2.05) is 36.4 Å². The molecule has 0 saturated carbocycles. The summed E-state index contributed by atoms with van der Waals surface area (Å²) in [6, 6.07) is 14.9. The van der Waals surface area contributed by atoms with Gasteiger partial charge in [-0.3, -0.25) is 4.79 Å². The highest BCUT2D eigenvalue weighted by Gasteiger charge is 2.36. The third kappa shape index (κ3) is 3.13. The normalized spacial score (nSPS) is 13.8. The lowest BCUT2D eigenvalue weighted by molar-refractivity contribution is -0.123. The van der Waals surface area contributed by atoms with Gasteiger partial charge in [-0.25, -0.2) is 0 Å². The molecular formula is C15H14ClIN2O. The quantitative estimate of drug-likeness (QED) is 0.775. The van der Waals surface area contributed by atoms with Crippen molar-refractivity contribution in [1.29, 1.82) is 0 Å². The number of hydrogen-bond acceptors (Lipinski definition) is 2. The zero-order valence-corrected chi connectivity index (χ0v) is 13.6. The van der Waals surface area contributed by atoms with Crippen LogP contribution in [0.25, 0.3) is 0 Å². The molecule has 0 fully saturated rings. The van der Waals surface area contributed by atoms with Gasteiger partial charge in [0, 0.05) is 20.6 Å². The Kier molecular flexibility index (Phi) is 4.67. The van der Waals surface area contributed by atoms with E-state index in [1.165, 1.54) is 0 Å². The summed E-state index contributed by atoms with van der Waals surface area (Å²) in [6.45, 7) is 0. The van der Waals surface area contributed by atoms with Crippen LogP contribution in [-0.4, -0.2) is 5.91 Å². The van der Waals surface area contributed by atoms with Crippen LogP contribution >= 0.6 is 34.2 Å². The highest BCUT2D eigenvalue weighted by molar-refractivity contribution is 14.1. The van der Waals surface area contributed by atoms with Crippen molar-refractivity contribution in [2.24, 2.45) is 11.5 Å². The van der Waals surface area contributed by atoms with Crippen LogP contribution in [0, 0.1) is 3.57 Å². The fraction of sp³-hybridized carbons (Fsp3) is 0.133. The van der Waals surface area contributed by atoms with Crippen molar-refractivity contribution in [3.05, 3.63) is 68.3 Å². The molecule has 0 aliphatic heterocycles. The van der Waals surface area contributed by atoms with Gasteiger partial charge in [-0.2, -0.15) is 0 Å². The minimum Gasteiger partial charge on any atom is -0.368 e. The number of benzene rings is 2. The Morgan fingerprint density at radius 1 is 1.20 bits per heavy atom. The van der Waals surface area contributed by atoms with Crippen LogP contribution in [0.15, 0.2) is 48.5 Å². The molecule has 1 atom stereocenters. The summed E-state index contributed by atoms with van der Waals surface area (Å²) in [5, 5.41) is 0.453. The summed E-state index contributed by atoms with van der Waals surface area (Å²) in [7, 11) is 0. The van der Waals surface area contributed by atoms with Crippen LogP contribution in [0.4, 0.5) is 0 Å². The Hall–Kier alpha value is -1.11. The number of halogens is 2. The molecule has 0 saturated heterocycles. The standard InChI is InChI=1S/C15H14ClIN2O/c16-13-8-11(17)6-7-12(13)15(19,14(18)20)9-10-4-2-1-3-5-10/h1-8H,9,19H2,(H2,18,20). The van der Waals surface area contributed by atoms with E-state index in [4.69, 9.17) is 23.1 Å². The largest absolute Gasteiger partial charge is 0.368 e. The number of hydrogen-bond donors (Lipinski definition) is 2. The highest BCUT2D eigenvalue weighted by Crippen LogP contribution is 2.30. The third-order valence-corrected chi connectivity index (χ3v) is 4.16. The summed E-state index contributed by atoms with van der Waals surface area (Å²) in [6.07, 6.45) is 0.309. The van der Waals surface area contributed by atoms with Gasteiger partial charge in [-0.1, -0.05) is 48.0 Å². The summed E-state index contributed by atoms with van der Waals surface area (Å²) in [5.74, 6) is -0.593. The van der Waals surface area contributed by atoms with Crippen molar-refractivity contribution in [2.45, 2.75) is 12.0 Å². The zero-order chi connectivity index (χ0) is 14.8. The molecule has 4 N–H and O–H groups in total. The Morgan fingerprint density at radius 2 is 1.85 bits per heavy atom. The minimum atomic E-state index is -1.32. The van der Waals surface area contributed by atoms with Crippen molar-refractivity contribution in [2.75, 3.05) is 0 Å². The highest BCUT2D eigenvalue weighted by atomic mass is 127. The molecule has 2 aromatic carbocycles. The fourth-order valence-corrected chi connectivity index (χ4v) is 3.11. The summed E-state index contributed by atoms with van der Waals surface area (Å²) in [4.78, 5) is 11.9. The van der Waals surface area contributed by atoms with Crippen LogP contribution in [0.1, 0.15) is 11.1 Å². The summed E-state index contributed by atoms with van der Waals surface area (Å²) < 4.78 is 0.975. The van der Waals surface area contributed by atoms with Gasteiger partial charge in [0.25, 0.3) is 0 Å². The maximum Gasteiger partial charge on any atom is 0.242 e. The molecule has 3 nitrogen and oxygen atoms in total. The van der Waals surface area contributed by atoms with Crippen LogP contribution in [0.5, 0.6) is 0 Å². The Morgan fingerprint density at radius 3 is 2.40 bits per heavy atom. The van der Waals surface area contributed by atoms with Gasteiger partial charge in [0.2, 0.25) is 5.91 Å². The van der Waals surface area contributed by atoms with Gasteiger partial charge in [0.15, 0.2) is 0 Å². The summed E-state index contributed by atoms with van der Waals surface area (Å²) >= 11 is 8.38. The van der Waals surface area contributed by atoms with E-state index in [-0.39, 0.29) is 0 Å². The van der Waals surface area contributed by atoms with E-state index in [9.17, 15) is 4.79 Å².